The van der Waals surface area contributed by atoms with Crippen LogP contribution in [0.4, 0.5) is 0 Å². The first-order valence-corrected chi connectivity index (χ1v) is 3.88. The molecule has 1 N–H and O–H groups in total. The van der Waals surface area contributed by atoms with Crippen LogP contribution < -0.4 is 5.32 Å². The predicted molar refractivity (Wildman–Crippen MR) is 45.6 cm³/mol. The average Bonchev–Trinajstić information content (AvgIpc) is 2.08. The number of hydrogen-bond donors (Lipinski definition) is 1. The summed E-state index contributed by atoms with van der Waals surface area (Å²) in [4.78, 5) is 3.49. The van der Waals surface area contributed by atoms with Crippen molar-refractivity contribution in [3.8, 4) is 6.07 Å². The van der Waals surface area contributed by atoms with Gasteiger partial charge in [-0.25, -0.2) is 0 Å². The van der Waals surface area contributed by atoms with Gasteiger partial charge in [-0.2, -0.15) is 0 Å². The molecule has 1 saturated heterocycles. The Morgan fingerprint density at radius 3 is 1.80 bits per heavy atom. The highest BCUT2D eigenvalue weighted by molar-refractivity contribution is 4.73. The van der Waals surface area contributed by atoms with Gasteiger partial charge in [-0.15, -0.1) is 0 Å². The Morgan fingerprint density at radius 1 is 1.20 bits per heavy atom. The van der Waals surface area contributed by atoms with Crippen molar-refractivity contribution >= 4 is 0 Å². The highest BCUT2D eigenvalue weighted by Gasteiger charge is 1.93. The maximum absolute atomic E-state index is 3.49. The molecule has 0 aliphatic carbocycles. The number of nitrogens with one attached hydrogen (secondary N) is 1. The first kappa shape index (κ1) is 9.45. The van der Waals surface area contributed by atoms with Crippen molar-refractivity contribution in [1.29, 1.82) is 0 Å². The van der Waals surface area contributed by atoms with E-state index >= 15 is 0 Å². The topological polar surface area (TPSA) is 16.4 Å². The van der Waals surface area contributed by atoms with Crippen LogP contribution >= 0.6 is 0 Å². The van der Waals surface area contributed by atoms with E-state index < -0.39 is 0 Å². The van der Waals surface area contributed by atoms with Gasteiger partial charge in [0.1, 0.15) is 0 Å². The molecule has 0 bridgehead atoms. The molecule has 1 heterocycles. The summed E-state index contributed by atoms with van der Waals surface area (Å²) in [5, 5.41) is 3.28. The van der Waals surface area contributed by atoms with Crippen molar-refractivity contribution in [1.82, 2.24) is 5.32 Å². The molecule has 0 saturated carbocycles. The third kappa shape index (κ3) is 7.45. The zero-order valence-corrected chi connectivity index (χ0v) is 6.98. The smallest absolute Gasteiger partial charge is 0.269 e. The first-order chi connectivity index (χ1) is 4.91. The molecule has 1 rings (SSSR count). The van der Waals surface area contributed by atoms with Crippen LogP contribution in [0, 0.1) is 6.07 Å². The second kappa shape index (κ2) is 8.45. The lowest BCUT2D eigenvalue weighted by atomic mass is 10.2. The minimum Gasteiger partial charge on any atom is -0.317 e. The van der Waals surface area contributed by atoms with E-state index in [2.05, 4.69) is 16.2 Å². The van der Waals surface area contributed by atoms with E-state index in [9.17, 15) is 0 Å². The van der Waals surface area contributed by atoms with Crippen molar-refractivity contribution in [2.45, 2.75) is 26.2 Å². The molecule has 0 aromatic rings. The molecule has 2 nitrogen and oxygen atoms in total. The molecule has 0 radical (unpaired) electrons. The molecular weight excluding hydrogens is 124 g/mol. The Bertz CT molecular complexity index is 88.7. The van der Waals surface area contributed by atoms with Crippen LogP contribution in [0.15, 0.2) is 0 Å². The van der Waals surface area contributed by atoms with Gasteiger partial charge < -0.3 is 5.32 Å². The standard InChI is InChI=1S/C5H11N.C3H6N/c1-2-4-6-5-3-1;1-3-4-2/h6H,1-5H2;1-2H3/q;+1. The largest absolute Gasteiger partial charge is 0.317 e. The average molecular weight is 141 g/mol. The van der Waals surface area contributed by atoms with E-state index in [0.717, 1.165) is 0 Å². The maximum Gasteiger partial charge on any atom is 0.269 e. The quantitative estimate of drug-likeness (QED) is 0.543. The second-order valence-electron chi connectivity index (χ2n) is 2.26. The van der Waals surface area contributed by atoms with Crippen molar-refractivity contribution in [3.05, 3.63) is 4.85 Å². The number of piperidine rings is 1. The molecular formula is C8H17N2+. The zero-order chi connectivity index (χ0) is 7.66. The molecule has 10 heavy (non-hydrogen) atoms. The van der Waals surface area contributed by atoms with Gasteiger partial charge >= 0.3 is 0 Å². The van der Waals surface area contributed by atoms with Gasteiger partial charge in [0, 0.05) is 0 Å². The Morgan fingerprint density at radius 2 is 1.70 bits per heavy atom. The molecule has 1 aliphatic heterocycles. The van der Waals surface area contributed by atoms with E-state index in [1.165, 1.54) is 32.4 Å². The maximum atomic E-state index is 3.49. The van der Waals surface area contributed by atoms with E-state index in [1.807, 2.05) is 0 Å². The minimum absolute atomic E-state index is 1.25. The van der Waals surface area contributed by atoms with Crippen LogP contribution in [-0.4, -0.2) is 20.1 Å². The van der Waals surface area contributed by atoms with Gasteiger partial charge in [-0.05, 0) is 25.9 Å². The van der Waals surface area contributed by atoms with E-state index in [0.29, 0.717) is 0 Å². The summed E-state index contributed by atoms with van der Waals surface area (Å²) >= 11 is 0. The third-order valence-corrected chi connectivity index (χ3v) is 1.43. The van der Waals surface area contributed by atoms with Gasteiger partial charge in [0.15, 0.2) is 0 Å². The van der Waals surface area contributed by atoms with E-state index in [-0.39, 0.29) is 0 Å². The fourth-order valence-corrected chi connectivity index (χ4v) is 0.802. The third-order valence-electron chi connectivity index (χ3n) is 1.43. The SMILES string of the molecule is C1CCNCC1.CC#[N+]C. The van der Waals surface area contributed by atoms with Crippen LogP contribution in [0.5, 0.6) is 0 Å². The molecule has 0 aromatic heterocycles. The van der Waals surface area contributed by atoms with Crippen LogP contribution in [0.3, 0.4) is 0 Å². The fourth-order valence-electron chi connectivity index (χ4n) is 0.802. The first-order valence-electron chi connectivity index (χ1n) is 3.88. The van der Waals surface area contributed by atoms with Crippen molar-refractivity contribution in [3.63, 3.8) is 0 Å². The van der Waals surface area contributed by atoms with Gasteiger partial charge in [0.2, 0.25) is 0 Å². The van der Waals surface area contributed by atoms with Crippen LogP contribution in [-0.2, 0) is 0 Å². The summed E-state index contributed by atoms with van der Waals surface area (Å²) in [5.41, 5.74) is 0. The summed E-state index contributed by atoms with van der Waals surface area (Å²) in [5.74, 6) is 0. The van der Waals surface area contributed by atoms with Crippen molar-refractivity contribution in [2.24, 2.45) is 0 Å². The second-order valence-corrected chi connectivity index (χ2v) is 2.26. The van der Waals surface area contributed by atoms with Gasteiger partial charge in [-0.1, -0.05) is 11.3 Å². The molecule has 0 atom stereocenters. The molecule has 2 heteroatoms. The Kier molecular flexibility index (Phi) is 7.99. The summed E-state index contributed by atoms with van der Waals surface area (Å²) in [6.07, 6.45) is 4.22. The lowest BCUT2D eigenvalue weighted by Gasteiger charge is -2.08. The highest BCUT2D eigenvalue weighted by atomic mass is 14.9. The highest BCUT2D eigenvalue weighted by Crippen LogP contribution is 1.96. The predicted octanol–water partition coefficient (Wildman–Crippen LogP) is 1.73. The number of nitrogens with zero attached hydrogens (tertiary/aromatic N) is 1. The van der Waals surface area contributed by atoms with Crippen LogP contribution in [0.2, 0.25) is 0 Å². The lowest BCUT2D eigenvalue weighted by molar-refractivity contribution is 0.520. The Balaban J connectivity index is 0.000000180. The molecule has 0 unspecified atom stereocenters. The molecule has 1 fully saturated rings. The van der Waals surface area contributed by atoms with Gasteiger partial charge in [-0.3, -0.25) is 0 Å². The molecule has 0 aromatic carbocycles. The van der Waals surface area contributed by atoms with Gasteiger partial charge in [0.05, 0.1) is 6.92 Å². The van der Waals surface area contributed by atoms with Crippen LogP contribution in [0.1, 0.15) is 26.2 Å². The summed E-state index contributed by atoms with van der Waals surface area (Å²) in [6, 6.07) is 2.56. The number of rotatable bonds is 0. The fraction of sp³-hybridized carbons (Fsp3) is 0.875. The van der Waals surface area contributed by atoms with Crippen molar-refractivity contribution < 1.29 is 0 Å². The minimum atomic E-state index is 1.25. The number of hydrogen-bond acceptors (Lipinski definition) is 1. The molecule has 0 spiro atoms. The Hall–Kier alpha value is -0.550. The summed E-state index contributed by atoms with van der Waals surface area (Å²) < 4.78 is 0. The normalized spacial score (nSPS) is 15.8. The molecule has 1 aliphatic rings. The molecule has 0 amide bonds. The van der Waals surface area contributed by atoms with E-state index in [1.54, 1.807) is 14.0 Å². The van der Waals surface area contributed by atoms with Crippen molar-refractivity contribution in [2.75, 3.05) is 20.1 Å². The monoisotopic (exact) mass is 141 g/mol. The summed E-state index contributed by atoms with van der Waals surface area (Å²) in [7, 11) is 1.69. The lowest BCUT2D eigenvalue weighted by Crippen LogP contribution is -2.21. The van der Waals surface area contributed by atoms with E-state index in [4.69, 9.17) is 0 Å². The summed E-state index contributed by atoms with van der Waals surface area (Å²) in [6.45, 7) is 4.26. The van der Waals surface area contributed by atoms with Gasteiger partial charge in [0.25, 0.3) is 13.1 Å². The van der Waals surface area contributed by atoms with Crippen LogP contribution in [0.25, 0.3) is 4.85 Å². The Labute approximate surface area is 63.4 Å². The molecule has 58 valence electrons. The zero-order valence-electron chi connectivity index (χ0n) is 6.98.